The minimum atomic E-state index is 0.626. The molecule has 0 spiro atoms. The number of hydrogen-bond acceptors (Lipinski definition) is 1. The molecule has 0 heterocycles. The van der Waals surface area contributed by atoms with Gasteiger partial charge in [-0.15, -0.1) is 0 Å². The van der Waals surface area contributed by atoms with E-state index in [2.05, 4.69) is 29.8 Å². The first-order valence-electron chi connectivity index (χ1n) is 11.2. The molecule has 7 atom stereocenters. The van der Waals surface area contributed by atoms with Crippen LogP contribution in [0.5, 0.6) is 0 Å². The summed E-state index contributed by atoms with van der Waals surface area (Å²) in [6.07, 6.45) is 16.0. The largest absolute Gasteiger partial charge is 0.303 e. The standard InChI is InChI=1S/C21H35BrO.C2H6/c1-15(22)17-11-12-20-19(18(17)8-4-6-14-23)10-9-16-7-3-5-13-21(16,20)2;1-2/h14-20H,3-13H2,1-2H3;1-2H3. The highest BCUT2D eigenvalue weighted by molar-refractivity contribution is 9.09. The van der Waals surface area contributed by atoms with Gasteiger partial charge in [0.1, 0.15) is 6.29 Å². The second-order valence-corrected chi connectivity index (χ2v) is 10.4. The summed E-state index contributed by atoms with van der Waals surface area (Å²) in [6.45, 7) is 9.00. The van der Waals surface area contributed by atoms with Crippen LogP contribution in [0.2, 0.25) is 0 Å². The number of aldehydes is 1. The van der Waals surface area contributed by atoms with E-state index in [9.17, 15) is 4.79 Å². The van der Waals surface area contributed by atoms with E-state index < -0.39 is 0 Å². The van der Waals surface area contributed by atoms with Crippen LogP contribution in [0, 0.1) is 35.0 Å². The maximum absolute atomic E-state index is 10.8. The summed E-state index contributed by atoms with van der Waals surface area (Å²) in [6, 6.07) is 0. The van der Waals surface area contributed by atoms with Crippen LogP contribution < -0.4 is 0 Å². The predicted octanol–water partition coefficient (Wildman–Crippen LogP) is 7.41. The Morgan fingerprint density at radius 2 is 1.88 bits per heavy atom. The van der Waals surface area contributed by atoms with E-state index in [0.717, 1.165) is 48.7 Å². The zero-order valence-electron chi connectivity index (χ0n) is 17.1. The predicted molar refractivity (Wildman–Crippen MR) is 112 cm³/mol. The Labute approximate surface area is 165 Å². The molecule has 3 rings (SSSR count). The Balaban J connectivity index is 0.00000109. The lowest BCUT2D eigenvalue weighted by Crippen LogP contribution is -2.51. The minimum absolute atomic E-state index is 0.626. The molecular formula is C23H41BrO. The first kappa shape index (κ1) is 21.5. The van der Waals surface area contributed by atoms with E-state index in [-0.39, 0.29) is 0 Å². The molecule has 0 radical (unpaired) electrons. The van der Waals surface area contributed by atoms with Crippen LogP contribution in [0.15, 0.2) is 0 Å². The average Bonchev–Trinajstić information content (AvgIpc) is 2.63. The Morgan fingerprint density at radius 3 is 2.56 bits per heavy atom. The van der Waals surface area contributed by atoms with Crippen LogP contribution in [0.3, 0.4) is 0 Å². The molecule has 146 valence electrons. The Morgan fingerprint density at radius 1 is 1.12 bits per heavy atom. The number of fused-ring (bicyclic) bond motifs is 3. The van der Waals surface area contributed by atoms with Crippen LogP contribution in [-0.2, 0) is 4.79 Å². The SMILES string of the molecule is CC.CC(Br)C1CCC2C(CCC3CCCCC32C)C1CCCC=O. The molecule has 7 unspecified atom stereocenters. The van der Waals surface area contributed by atoms with E-state index in [0.29, 0.717) is 10.2 Å². The van der Waals surface area contributed by atoms with Crippen LogP contribution >= 0.6 is 15.9 Å². The minimum Gasteiger partial charge on any atom is -0.303 e. The number of halogens is 1. The van der Waals surface area contributed by atoms with Crippen molar-refractivity contribution in [1.29, 1.82) is 0 Å². The van der Waals surface area contributed by atoms with Crippen molar-refractivity contribution in [1.82, 2.24) is 0 Å². The fourth-order valence-corrected chi connectivity index (χ4v) is 7.53. The topological polar surface area (TPSA) is 17.1 Å². The van der Waals surface area contributed by atoms with Gasteiger partial charge in [0.15, 0.2) is 0 Å². The molecule has 0 aromatic rings. The van der Waals surface area contributed by atoms with Gasteiger partial charge in [0, 0.05) is 11.2 Å². The van der Waals surface area contributed by atoms with E-state index in [1.165, 1.54) is 57.8 Å². The summed E-state index contributed by atoms with van der Waals surface area (Å²) in [7, 11) is 0. The zero-order chi connectivity index (χ0) is 18.4. The number of alkyl halides is 1. The van der Waals surface area contributed by atoms with Crippen molar-refractivity contribution in [2.75, 3.05) is 0 Å². The van der Waals surface area contributed by atoms with Crippen LogP contribution in [0.25, 0.3) is 0 Å². The Kier molecular flexibility index (Phi) is 8.50. The van der Waals surface area contributed by atoms with Crippen LogP contribution in [0.1, 0.15) is 98.3 Å². The van der Waals surface area contributed by atoms with Gasteiger partial charge in [0.05, 0.1) is 0 Å². The van der Waals surface area contributed by atoms with Crippen molar-refractivity contribution in [3.05, 3.63) is 0 Å². The smallest absolute Gasteiger partial charge is 0.119 e. The molecule has 0 aromatic heterocycles. The molecule has 0 saturated heterocycles. The molecule has 25 heavy (non-hydrogen) atoms. The highest BCUT2D eigenvalue weighted by Gasteiger charge is 2.53. The van der Waals surface area contributed by atoms with Gasteiger partial charge in [0.2, 0.25) is 0 Å². The lowest BCUT2D eigenvalue weighted by atomic mass is 9.46. The maximum Gasteiger partial charge on any atom is 0.119 e. The zero-order valence-corrected chi connectivity index (χ0v) is 18.7. The first-order chi connectivity index (χ1) is 12.1. The molecular weight excluding hydrogens is 372 g/mol. The number of hydrogen-bond donors (Lipinski definition) is 0. The number of carbonyl (C=O) groups is 1. The van der Waals surface area contributed by atoms with Crippen molar-refractivity contribution in [3.63, 3.8) is 0 Å². The van der Waals surface area contributed by atoms with Gasteiger partial charge in [-0.25, -0.2) is 0 Å². The molecule has 0 bridgehead atoms. The summed E-state index contributed by atoms with van der Waals surface area (Å²) < 4.78 is 0. The highest BCUT2D eigenvalue weighted by Crippen LogP contribution is 2.62. The van der Waals surface area contributed by atoms with Gasteiger partial charge in [0.25, 0.3) is 0 Å². The third-order valence-corrected chi connectivity index (χ3v) is 8.70. The van der Waals surface area contributed by atoms with Crippen molar-refractivity contribution in [2.24, 2.45) is 35.0 Å². The highest BCUT2D eigenvalue weighted by atomic mass is 79.9. The van der Waals surface area contributed by atoms with Crippen molar-refractivity contribution in [3.8, 4) is 0 Å². The van der Waals surface area contributed by atoms with Crippen LogP contribution in [-0.4, -0.2) is 11.1 Å². The number of unbranched alkanes of at least 4 members (excludes halogenated alkanes) is 1. The summed E-state index contributed by atoms with van der Waals surface area (Å²) in [4.78, 5) is 11.4. The summed E-state index contributed by atoms with van der Waals surface area (Å²) in [5, 5.41) is 0. The molecule has 3 aliphatic rings. The quantitative estimate of drug-likeness (QED) is 0.260. The molecule has 3 saturated carbocycles. The summed E-state index contributed by atoms with van der Waals surface area (Å²) >= 11 is 3.91. The summed E-state index contributed by atoms with van der Waals surface area (Å²) in [5.41, 5.74) is 0.630. The molecule has 0 amide bonds. The fourth-order valence-electron chi connectivity index (χ4n) is 6.87. The van der Waals surface area contributed by atoms with Crippen molar-refractivity contribution < 1.29 is 4.79 Å². The lowest BCUT2D eigenvalue weighted by Gasteiger charge is -2.59. The molecule has 0 aliphatic heterocycles. The van der Waals surface area contributed by atoms with Gasteiger partial charge in [-0.3, -0.25) is 0 Å². The fraction of sp³-hybridized carbons (Fsp3) is 0.957. The lowest BCUT2D eigenvalue weighted by molar-refractivity contribution is -0.108. The van der Waals surface area contributed by atoms with E-state index >= 15 is 0 Å². The third kappa shape index (κ3) is 4.53. The third-order valence-electron chi connectivity index (χ3n) is 8.02. The van der Waals surface area contributed by atoms with Gasteiger partial charge in [-0.1, -0.05) is 56.5 Å². The second kappa shape index (κ2) is 9.90. The molecule has 0 N–H and O–H groups in total. The first-order valence-corrected chi connectivity index (χ1v) is 12.1. The number of carbonyl (C=O) groups excluding carboxylic acids is 1. The Bertz CT molecular complexity index is 407. The molecule has 2 heteroatoms. The van der Waals surface area contributed by atoms with Crippen molar-refractivity contribution >= 4 is 22.2 Å². The normalized spacial score (nSPS) is 41.6. The molecule has 0 aromatic carbocycles. The molecule has 3 aliphatic carbocycles. The maximum atomic E-state index is 10.8. The number of rotatable bonds is 5. The molecule has 1 nitrogen and oxygen atoms in total. The second-order valence-electron chi connectivity index (χ2n) is 8.98. The van der Waals surface area contributed by atoms with Gasteiger partial charge in [-0.2, -0.15) is 0 Å². The van der Waals surface area contributed by atoms with Gasteiger partial charge in [-0.05, 0) is 86.4 Å². The monoisotopic (exact) mass is 412 g/mol. The van der Waals surface area contributed by atoms with E-state index in [1.807, 2.05) is 13.8 Å². The molecule has 3 fully saturated rings. The van der Waals surface area contributed by atoms with Gasteiger partial charge >= 0.3 is 0 Å². The summed E-state index contributed by atoms with van der Waals surface area (Å²) in [5.74, 6) is 4.57. The van der Waals surface area contributed by atoms with E-state index in [1.54, 1.807) is 0 Å². The average molecular weight is 413 g/mol. The van der Waals surface area contributed by atoms with Crippen LogP contribution in [0.4, 0.5) is 0 Å². The van der Waals surface area contributed by atoms with E-state index in [4.69, 9.17) is 0 Å². The Hall–Kier alpha value is 0.150. The van der Waals surface area contributed by atoms with Crippen molar-refractivity contribution in [2.45, 2.75) is 103 Å². The van der Waals surface area contributed by atoms with Gasteiger partial charge < -0.3 is 4.79 Å².